The summed E-state index contributed by atoms with van der Waals surface area (Å²) in [6.45, 7) is 3.44. The number of hydrogen-bond acceptors (Lipinski definition) is 7. The molecule has 28 heavy (non-hydrogen) atoms. The first-order chi connectivity index (χ1) is 13.5. The number of hydrogen-bond donors (Lipinski definition) is 1. The minimum Gasteiger partial charge on any atom is -0.376 e. The first kappa shape index (κ1) is 19.1. The van der Waals surface area contributed by atoms with Gasteiger partial charge in [0.25, 0.3) is 0 Å². The Morgan fingerprint density at radius 1 is 1.21 bits per heavy atom. The van der Waals surface area contributed by atoms with E-state index >= 15 is 0 Å². The number of nitrogens with one attached hydrogen (secondary N) is 1. The molecule has 0 amide bonds. The quantitative estimate of drug-likeness (QED) is 0.653. The highest BCUT2D eigenvalue weighted by Gasteiger charge is 2.26. The second kappa shape index (κ2) is 8.02. The number of thiophene rings is 1. The van der Waals surface area contributed by atoms with E-state index in [1.165, 1.54) is 0 Å². The molecule has 3 aromatic rings. The lowest BCUT2D eigenvalue weighted by atomic mass is 10.2. The Balaban J connectivity index is 1.50. The molecule has 0 aliphatic carbocycles. The molecule has 1 aliphatic rings. The van der Waals surface area contributed by atoms with Crippen LogP contribution in [0, 0.1) is 6.92 Å². The van der Waals surface area contributed by atoms with Gasteiger partial charge in [-0.3, -0.25) is 0 Å². The van der Waals surface area contributed by atoms with Gasteiger partial charge in [-0.2, -0.15) is 20.6 Å². The van der Waals surface area contributed by atoms with E-state index in [1.807, 2.05) is 29.8 Å². The lowest BCUT2D eigenvalue weighted by molar-refractivity contribution is 0.346. The maximum absolute atomic E-state index is 12.9. The molecule has 0 spiro atoms. The first-order valence-electron chi connectivity index (χ1n) is 9.24. The summed E-state index contributed by atoms with van der Waals surface area (Å²) in [6.07, 6.45) is 2.92. The smallest absolute Gasteiger partial charge is 0.246 e. The molecule has 148 valence electrons. The maximum Gasteiger partial charge on any atom is 0.246 e. The zero-order chi connectivity index (χ0) is 19.6. The average Bonchev–Trinajstić information content (AvgIpc) is 3.39. The number of anilines is 1. The molecule has 7 nitrogen and oxygen atoms in total. The van der Waals surface area contributed by atoms with Gasteiger partial charge in [0.2, 0.25) is 21.7 Å². The summed E-state index contributed by atoms with van der Waals surface area (Å²) >= 11 is 1.57. The van der Waals surface area contributed by atoms with E-state index in [0.717, 1.165) is 36.1 Å². The number of benzene rings is 1. The van der Waals surface area contributed by atoms with Crippen molar-refractivity contribution >= 4 is 27.0 Å². The molecular weight excluding hydrogens is 396 g/mol. The minimum absolute atomic E-state index is 0.312. The maximum atomic E-state index is 12.9. The molecular formula is C19H22N4O3S2. The minimum atomic E-state index is -3.47. The Bertz CT molecular complexity index is 1040. The van der Waals surface area contributed by atoms with Gasteiger partial charge in [-0.1, -0.05) is 17.6 Å². The van der Waals surface area contributed by atoms with Gasteiger partial charge in [0, 0.05) is 29.7 Å². The highest BCUT2D eigenvalue weighted by Crippen LogP contribution is 2.26. The summed E-state index contributed by atoms with van der Waals surface area (Å²) in [5.41, 5.74) is 2.62. The summed E-state index contributed by atoms with van der Waals surface area (Å²) in [7, 11) is -3.47. The third-order valence-corrected chi connectivity index (χ3v) is 7.42. The lowest BCUT2D eigenvalue weighted by Gasteiger charge is -2.26. The highest BCUT2D eigenvalue weighted by atomic mass is 32.2. The number of piperidine rings is 1. The van der Waals surface area contributed by atoms with Crippen molar-refractivity contribution in [3.05, 3.63) is 46.5 Å². The van der Waals surface area contributed by atoms with E-state index in [0.29, 0.717) is 36.2 Å². The summed E-state index contributed by atoms with van der Waals surface area (Å²) < 4.78 is 32.7. The molecule has 3 heterocycles. The number of nitrogens with zero attached hydrogens (tertiary/aromatic N) is 3. The van der Waals surface area contributed by atoms with E-state index in [4.69, 9.17) is 4.52 Å². The molecule has 1 fully saturated rings. The molecule has 1 aliphatic heterocycles. The molecule has 0 unspecified atom stereocenters. The van der Waals surface area contributed by atoms with Gasteiger partial charge in [-0.15, -0.1) is 0 Å². The SMILES string of the molecule is Cc1ccc(S(=O)(=O)N2CCCCC2)cc1NCc1nc(-c2ccsc2)no1. The fourth-order valence-electron chi connectivity index (χ4n) is 3.21. The van der Waals surface area contributed by atoms with Crippen molar-refractivity contribution in [3.8, 4) is 11.4 Å². The van der Waals surface area contributed by atoms with Gasteiger partial charge in [0.05, 0.1) is 11.4 Å². The summed E-state index contributed by atoms with van der Waals surface area (Å²) in [5, 5.41) is 11.1. The standard InChI is InChI=1S/C19H22N4O3S2/c1-14-5-6-16(28(24,25)23-8-3-2-4-9-23)11-17(14)20-12-18-21-19(22-26-18)15-7-10-27-13-15/h5-7,10-11,13,20H,2-4,8-9,12H2,1H3. The molecule has 9 heteroatoms. The van der Waals surface area contributed by atoms with Crippen molar-refractivity contribution in [2.75, 3.05) is 18.4 Å². The molecule has 1 N–H and O–H groups in total. The molecule has 1 saturated heterocycles. The Kier molecular flexibility index (Phi) is 5.47. The molecule has 0 bridgehead atoms. The number of sulfonamides is 1. The third-order valence-electron chi connectivity index (χ3n) is 4.84. The molecule has 2 aromatic heterocycles. The van der Waals surface area contributed by atoms with Crippen LogP contribution in [0.15, 0.2) is 44.4 Å². The van der Waals surface area contributed by atoms with Crippen LogP contribution in [-0.2, 0) is 16.6 Å². The van der Waals surface area contributed by atoms with Gasteiger partial charge >= 0.3 is 0 Å². The van der Waals surface area contributed by atoms with Crippen LogP contribution in [0.1, 0.15) is 30.7 Å². The topological polar surface area (TPSA) is 88.3 Å². The molecule has 0 radical (unpaired) electrons. The second-order valence-electron chi connectivity index (χ2n) is 6.82. The van der Waals surface area contributed by atoms with Gasteiger partial charge in [0.1, 0.15) is 0 Å². The van der Waals surface area contributed by atoms with Crippen LogP contribution in [0.2, 0.25) is 0 Å². The second-order valence-corrected chi connectivity index (χ2v) is 9.54. The normalized spacial score (nSPS) is 15.6. The predicted octanol–water partition coefficient (Wildman–Crippen LogP) is 3.89. The third kappa shape index (κ3) is 3.96. The van der Waals surface area contributed by atoms with Crippen molar-refractivity contribution in [3.63, 3.8) is 0 Å². The Hall–Kier alpha value is -2.23. The molecule has 0 atom stereocenters. The van der Waals surface area contributed by atoms with E-state index < -0.39 is 10.0 Å². The van der Waals surface area contributed by atoms with Crippen molar-refractivity contribution in [1.82, 2.24) is 14.4 Å². The zero-order valence-electron chi connectivity index (χ0n) is 15.6. The lowest BCUT2D eigenvalue weighted by Crippen LogP contribution is -2.35. The van der Waals surface area contributed by atoms with Crippen molar-refractivity contribution < 1.29 is 12.9 Å². The average molecular weight is 419 g/mol. The largest absolute Gasteiger partial charge is 0.376 e. The van der Waals surface area contributed by atoms with Gasteiger partial charge in [0.15, 0.2) is 0 Å². The fourth-order valence-corrected chi connectivity index (χ4v) is 5.39. The van der Waals surface area contributed by atoms with Gasteiger partial charge in [-0.25, -0.2) is 8.42 Å². The Morgan fingerprint density at radius 3 is 2.79 bits per heavy atom. The summed E-state index contributed by atoms with van der Waals surface area (Å²) in [5.74, 6) is 1.00. The van der Waals surface area contributed by atoms with Crippen molar-refractivity contribution in [1.29, 1.82) is 0 Å². The van der Waals surface area contributed by atoms with Crippen LogP contribution in [0.5, 0.6) is 0 Å². The van der Waals surface area contributed by atoms with Crippen molar-refractivity contribution in [2.24, 2.45) is 0 Å². The number of aryl methyl sites for hydroxylation is 1. The summed E-state index contributed by atoms with van der Waals surface area (Å²) in [6, 6.07) is 7.12. The number of rotatable bonds is 6. The van der Waals surface area contributed by atoms with Crippen LogP contribution in [0.3, 0.4) is 0 Å². The molecule has 0 saturated carbocycles. The van der Waals surface area contributed by atoms with E-state index in [-0.39, 0.29) is 0 Å². The van der Waals surface area contributed by atoms with E-state index in [2.05, 4.69) is 15.5 Å². The van der Waals surface area contributed by atoms with E-state index in [9.17, 15) is 8.42 Å². The van der Waals surface area contributed by atoms with E-state index in [1.54, 1.807) is 27.8 Å². The van der Waals surface area contributed by atoms with Gasteiger partial charge in [-0.05, 0) is 48.9 Å². The highest BCUT2D eigenvalue weighted by molar-refractivity contribution is 7.89. The Morgan fingerprint density at radius 2 is 2.04 bits per heavy atom. The van der Waals surface area contributed by atoms with Crippen molar-refractivity contribution in [2.45, 2.75) is 37.6 Å². The van der Waals surface area contributed by atoms with Gasteiger partial charge < -0.3 is 9.84 Å². The molecule has 4 rings (SSSR count). The Labute approximate surface area is 168 Å². The van der Waals surface area contributed by atoms with Crippen LogP contribution in [0.4, 0.5) is 5.69 Å². The van der Waals surface area contributed by atoms with Crippen LogP contribution < -0.4 is 5.32 Å². The van der Waals surface area contributed by atoms with Crippen LogP contribution in [0.25, 0.3) is 11.4 Å². The van der Waals surface area contributed by atoms with Crippen LogP contribution >= 0.6 is 11.3 Å². The zero-order valence-corrected chi connectivity index (χ0v) is 17.2. The van der Waals surface area contributed by atoms with Crippen LogP contribution in [-0.4, -0.2) is 36.0 Å². The number of aromatic nitrogens is 2. The first-order valence-corrected chi connectivity index (χ1v) is 11.6. The fraction of sp³-hybridized carbons (Fsp3) is 0.368. The predicted molar refractivity (Wildman–Crippen MR) is 109 cm³/mol. The monoisotopic (exact) mass is 418 g/mol. The molecule has 1 aromatic carbocycles. The summed E-state index contributed by atoms with van der Waals surface area (Å²) in [4.78, 5) is 4.69.